The second kappa shape index (κ2) is 7.31. The molecule has 0 aliphatic carbocycles. The number of ether oxygens (including phenoxy) is 3. The van der Waals surface area contributed by atoms with Crippen molar-refractivity contribution in [2.24, 2.45) is 0 Å². The van der Waals surface area contributed by atoms with E-state index in [0.29, 0.717) is 24.6 Å². The van der Waals surface area contributed by atoms with Gasteiger partial charge < -0.3 is 19.1 Å². The van der Waals surface area contributed by atoms with Gasteiger partial charge in [-0.2, -0.15) is 0 Å². The Hall–Kier alpha value is -2.01. The molecule has 1 aliphatic heterocycles. The van der Waals surface area contributed by atoms with Crippen LogP contribution in [0.1, 0.15) is 19.4 Å². The van der Waals surface area contributed by atoms with Gasteiger partial charge in [0.05, 0.1) is 26.4 Å². The van der Waals surface area contributed by atoms with E-state index in [1.165, 1.54) is 0 Å². The summed E-state index contributed by atoms with van der Waals surface area (Å²) >= 11 is 0. The minimum Gasteiger partial charge on any atom is -0.493 e. The molecule has 0 radical (unpaired) electrons. The molecule has 0 bridgehead atoms. The fourth-order valence-corrected chi connectivity index (χ4v) is 2.67. The Labute approximate surface area is 131 Å². The molecule has 2 rings (SSSR count). The highest BCUT2D eigenvalue weighted by Crippen LogP contribution is 2.31. The number of carbonyl (C=O) groups excluding carboxylic acids is 1. The number of nitrogens with zero attached hydrogens (tertiary/aromatic N) is 1. The molecule has 0 spiro atoms. The summed E-state index contributed by atoms with van der Waals surface area (Å²) in [7, 11) is 3.18. The van der Waals surface area contributed by atoms with Crippen LogP contribution in [-0.4, -0.2) is 50.3 Å². The van der Waals surface area contributed by atoms with Gasteiger partial charge in [0.15, 0.2) is 11.5 Å². The Morgan fingerprint density at radius 1 is 1.23 bits per heavy atom. The minimum atomic E-state index is -0.0214. The molecule has 1 aliphatic rings. The lowest BCUT2D eigenvalue weighted by Crippen LogP contribution is -2.47. The summed E-state index contributed by atoms with van der Waals surface area (Å²) in [5.74, 6) is 1.25. The molecule has 1 fully saturated rings. The fraction of sp³-hybridized carbons (Fsp3) is 0.471. The first-order valence-corrected chi connectivity index (χ1v) is 7.38. The summed E-state index contributed by atoms with van der Waals surface area (Å²) < 4.78 is 16.3. The highest BCUT2D eigenvalue weighted by molar-refractivity contribution is 5.92. The maximum atomic E-state index is 12.3. The van der Waals surface area contributed by atoms with Gasteiger partial charge in [0, 0.05) is 24.7 Å². The van der Waals surface area contributed by atoms with Crippen molar-refractivity contribution in [3.8, 4) is 11.5 Å². The number of amides is 1. The molecule has 5 heteroatoms. The first-order chi connectivity index (χ1) is 10.5. The van der Waals surface area contributed by atoms with Gasteiger partial charge in [0.2, 0.25) is 5.91 Å². The molecular weight excluding hydrogens is 282 g/mol. The Morgan fingerprint density at radius 3 is 2.50 bits per heavy atom. The van der Waals surface area contributed by atoms with Gasteiger partial charge in [-0.15, -0.1) is 0 Å². The van der Waals surface area contributed by atoms with Crippen LogP contribution in [0.15, 0.2) is 24.3 Å². The van der Waals surface area contributed by atoms with Gasteiger partial charge in [-0.05, 0) is 26.0 Å². The van der Waals surface area contributed by atoms with E-state index in [1.807, 2.05) is 36.9 Å². The maximum Gasteiger partial charge on any atom is 0.246 e. The van der Waals surface area contributed by atoms with Crippen LogP contribution < -0.4 is 9.47 Å². The van der Waals surface area contributed by atoms with Crippen LogP contribution in [0.25, 0.3) is 6.08 Å². The number of hydrogen-bond acceptors (Lipinski definition) is 4. The number of benzene rings is 1. The number of para-hydroxylation sites is 1. The molecular formula is C17H23NO4. The molecule has 1 aromatic rings. The van der Waals surface area contributed by atoms with Gasteiger partial charge in [-0.3, -0.25) is 4.79 Å². The summed E-state index contributed by atoms with van der Waals surface area (Å²) in [4.78, 5) is 14.1. The normalized spacial score (nSPS) is 21.9. The van der Waals surface area contributed by atoms with E-state index in [4.69, 9.17) is 14.2 Å². The Kier molecular flexibility index (Phi) is 5.44. The average molecular weight is 305 g/mol. The standard InChI is InChI=1S/C17H23NO4/c1-12-10-18(11-13(2)22-12)16(19)9-8-14-6-5-7-15(20-3)17(14)21-4/h5-9,12-13H,10-11H2,1-4H3/b9-8+/t12-,13-/m1/s1. The number of carbonyl (C=O) groups is 1. The molecule has 1 saturated heterocycles. The van der Waals surface area contributed by atoms with Gasteiger partial charge in [0.1, 0.15) is 0 Å². The lowest BCUT2D eigenvalue weighted by atomic mass is 10.1. The van der Waals surface area contributed by atoms with Crippen molar-refractivity contribution < 1.29 is 19.0 Å². The van der Waals surface area contributed by atoms with Crippen molar-refractivity contribution in [3.05, 3.63) is 29.8 Å². The van der Waals surface area contributed by atoms with E-state index in [1.54, 1.807) is 26.4 Å². The van der Waals surface area contributed by atoms with Gasteiger partial charge in [-0.25, -0.2) is 0 Å². The lowest BCUT2D eigenvalue weighted by molar-refractivity contribution is -0.137. The van der Waals surface area contributed by atoms with Gasteiger partial charge >= 0.3 is 0 Å². The van der Waals surface area contributed by atoms with Crippen LogP contribution in [-0.2, 0) is 9.53 Å². The quantitative estimate of drug-likeness (QED) is 0.801. The van der Waals surface area contributed by atoms with Gasteiger partial charge in [-0.1, -0.05) is 12.1 Å². The largest absolute Gasteiger partial charge is 0.493 e. The molecule has 1 aromatic carbocycles. The monoisotopic (exact) mass is 305 g/mol. The average Bonchev–Trinajstić information content (AvgIpc) is 2.50. The SMILES string of the molecule is COc1cccc(/C=C/C(=O)N2C[C@@H](C)O[C@H](C)C2)c1OC. The molecule has 120 valence electrons. The molecule has 0 N–H and O–H groups in total. The van der Waals surface area contributed by atoms with E-state index in [9.17, 15) is 4.79 Å². The third-order valence-electron chi connectivity index (χ3n) is 3.57. The van der Waals surface area contributed by atoms with E-state index in [2.05, 4.69) is 0 Å². The first kappa shape index (κ1) is 16.4. The molecule has 2 atom stereocenters. The zero-order valence-electron chi connectivity index (χ0n) is 13.5. The smallest absolute Gasteiger partial charge is 0.246 e. The predicted molar refractivity (Wildman–Crippen MR) is 85.2 cm³/mol. The van der Waals surface area contributed by atoms with Gasteiger partial charge in [0.25, 0.3) is 0 Å². The zero-order chi connectivity index (χ0) is 16.1. The van der Waals surface area contributed by atoms with Crippen LogP contribution in [0.5, 0.6) is 11.5 Å². The van der Waals surface area contributed by atoms with E-state index < -0.39 is 0 Å². The van der Waals surface area contributed by atoms with Crippen molar-refractivity contribution in [3.63, 3.8) is 0 Å². The van der Waals surface area contributed by atoms with E-state index in [-0.39, 0.29) is 18.1 Å². The van der Waals surface area contributed by atoms with Crippen molar-refractivity contribution >= 4 is 12.0 Å². The number of rotatable bonds is 4. The number of hydrogen-bond donors (Lipinski definition) is 0. The van der Waals surface area contributed by atoms with Crippen LogP contribution in [0, 0.1) is 0 Å². The predicted octanol–water partition coefficient (Wildman–Crippen LogP) is 2.35. The van der Waals surface area contributed by atoms with Crippen molar-refractivity contribution in [1.29, 1.82) is 0 Å². The fourth-order valence-electron chi connectivity index (χ4n) is 2.67. The second-order valence-electron chi connectivity index (χ2n) is 5.42. The summed E-state index contributed by atoms with van der Waals surface area (Å²) in [5.41, 5.74) is 0.810. The topological polar surface area (TPSA) is 48.0 Å². The van der Waals surface area contributed by atoms with Crippen LogP contribution >= 0.6 is 0 Å². The van der Waals surface area contributed by atoms with Crippen molar-refractivity contribution in [2.45, 2.75) is 26.1 Å². The molecule has 5 nitrogen and oxygen atoms in total. The summed E-state index contributed by atoms with van der Waals surface area (Å²) in [5, 5.41) is 0. The molecule has 1 heterocycles. The minimum absolute atomic E-state index is 0.0214. The second-order valence-corrected chi connectivity index (χ2v) is 5.42. The molecule has 22 heavy (non-hydrogen) atoms. The summed E-state index contributed by atoms with van der Waals surface area (Å²) in [6, 6.07) is 5.57. The maximum absolute atomic E-state index is 12.3. The Balaban J connectivity index is 2.13. The third kappa shape index (κ3) is 3.80. The van der Waals surface area contributed by atoms with Crippen LogP contribution in [0.2, 0.25) is 0 Å². The Bertz CT molecular complexity index is 546. The van der Waals surface area contributed by atoms with E-state index >= 15 is 0 Å². The summed E-state index contributed by atoms with van der Waals surface area (Å²) in [6.07, 6.45) is 3.45. The molecule has 0 saturated carbocycles. The third-order valence-corrected chi connectivity index (χ3v) is 3.57. The summed E-state index contributed by atoms with van der Waals surface area (Å²) in [6.45, 7) is 5.18. The van der Waals surface area contributed by atoms with Crippen molar-refractivity contribution in [2.75, 3.05) is 27.3 Å². The van der Waals surface area contributed by atoms with Crippen LogP contribution in [0.3, 0.4) is 0 Å². The number of methoxy groups -OCH3 is 2. The van der Waals surface area contributed by atoms with Crippen molar-refractivity contribution in [1.82, 2.24) is 4.90 Å². The first-order valence-electron chi connectivity index (χ1n) is 7.38. The van der Waals surface area contributed by atoms with E-state index in [0.717, 1.165) is 5.56 Å². The zero-order valence-corrected chi connectivity index (χ0v) is 13.5. The Morgan fingerprint density at radius 2 is 1.91 bits per heavy atom. The molecule has 0 unspecified atom stereocenters. The number of morpholine rings is 1. The molecule has 0 aromatic heterocycles. The highest BCUT2D eigenvalue weighted by atomic mass is 16.5. The molecule has 1 amide bonds. The highest BCUT2D eigenvalue weighted by Gasteiger charge is 2.24. The lowest BCUT2D eigenvalue weighted by Gasteiger charge is -2.34. The van der Waals surface area contributed by atoms with Crippen LogP contribution in [0.4, 0.5) is 0 Å².